The molecule has 1 aromatic rings. The fourth-order valence-corrected chi connectivity index (χ4v) is 1.38. The van der Waals surface area contributed by atoms with Crippen molar-refractivity contribution in [3.8, 4) is 0 Å². The number of carbonyl (C=O) groups is 1. The molecule has 0 fully saturated rings. The van der Waals surface area contributed by atoms with Gasteiger partial charge >= 0.3 is 6.18 Å². The van der Waals surface area contributed by atoms with E-state index in [0.717, 1.165) is 12.1 Å². The van der Waals surface area contributed by atoms with Crippen molar-refractivity contribution in [1.29, 1.82) is 0 Å². The van der Waals surface area contributed by atoms with Gasteiger partial charge in [0.1, 0.15) is 0 Å². The van der Waals surface area contributed by atoms with Crippen LogP contribution in [-0.2, 0) is 17.4 Å². The van der Waals surface area contributed by atoms with Crippen molar-refractivity contribution in [3.63, 3.8) is 0 Å². The summed E-state index contributed by atoms with van der Waals surface area (Å²) in [5, 5.41) is 2.64. The lowest BCUT2D eigenvalue weighted by molar-refractivity contribution is -0.137. The number of halogens is 3. The van der Waals surface area contributed by atoms with Gasteiger partial charge in [-0.15, -0.1) is 0 Å². The minimum Gasteiger partial charge on any atom is -0.352 e. The van der Waals surface area contributed by atoms with Gasteiger partial charge in [0.05, 0.1) is 12.0 Å². The van der Waals surface area contributed by atoms with E-state index < -0.39 is 11.7 Å². The first-order valence-corrected chi connectivity index (χ1v) is 5.48. The van der Waals surface area contributed by atoms with Crippen LogP contribution in [0.15, 0.2) is 24.3 Å². The van der Waals surface area contributed by atoms with E-state index in [4.69, 9.17) is 5.73 Å². The molecule has 1 atom stereocenters. The van der Waals surface area contributed by atoms with Crippen molar-refractivity contribution >= 4 is 5.91 Å². The Morgan fingerprint density at radius 3 is 2.33 bits per heavy atom. The lowest BCUT2D eigenvalue weighted by Gasteiger charge is -2.11. The Hall–Kier alpha value is -1.56. The van der Waals surface area contributed by atoms with Gasteiger partial charge in [-0.2, -0.15) is 13.2 Å². The first-order valence-electron chi connectivity index (χ1n) is 5.48. The Morgan fingerprint density at radius 1 is 1.33 bits per heavy atom. The molecule has 100 valence electrons. The van der Waals surface area contributed by atoms with Crippen molar-refractivity contribution in [3.05, 3.63) is 35.4 Å². The average Bonchev–Trinajstić information content (AvgIpc) is 2.28. The number of nitrogens with one attached hydrogen (secondary N) is 1. The lowest BCUT2D eigenvalue weighted by atomic mass is 10.1. The summed E-state index contributed by atoms with van der Waals surface area (Å²) in [7, 11) is 0. The zero-order valence-corrected chi connectivity index (χ0v) is 9.92. The fraction of sp³-hybridized carbons (Fsp3) is 0.417. The van der Waals surface area contributed by atoms with Gasteiger partial charge in [-0.05, 0) is 24.6 Å². The molecule has 0 spiro atoms. The average molecular weight is 260 g/mol. The standard InChI is InChI=1S/C12H15F3N2O/c1-8(7-16)17-11(18)6-9-2-4-10(5-3-9)12(13,14)15/h2-5,8H,6-7,16H2,1H3,(H,17,18)/t8-/m1/s1. The van der Waals surface area contributed by atoms with Crippen LogP contribution in [0.2, 0.25) is 0 Å². The number of alkyl halides is 3. The number of rotatable bonds is 4. The summed E-state index contributed by atoms with van der Waals surface area (Å²) in [5.74, 6) is -0.257. The van der Waals surface area contributed by atoms with E-state index in [9.17, 15) is 18.0 Å². The van der Waals surface area contributed by atoms with Crippen molar-refractivity contribution in [2.75, 3.05) is 6.54 Å². The molecule has 3 nitrogen and oxygen atoms in total. The zero-order chi connectivity index (χ0) is 13.8. The van der Waals surface area contributed by atoms with E-state index in [2.05, 4.69) is 5.32 Å². The first kappa shape index (κ1) is 14.5. The Kier molecular flexibility index (Phi) is 4.72. The number of hydrogen-bond donors (Lipinski definition) is 2. The molecule has 0 radical (unpaired) electrons. The van der Waals surface area contributed by atoms with E-state index >= 15 is 0 Å². The highest BCUT2D eigenvalue weighted by Gasteiger charge is 2.29. The van der Waals surface area contributed by atoms with E-state index in [1.807, 2.05) is 0 Å². The number of nitrogens with two attached hydrogens (primary N) is 1. The summed E-state index contributed by atoms with van der Waals surface area (Å²) < 4.78 is 36.9. The maximum Gasteiger partial charge on any atom is 0.416 e. The number of amides is 1. The zero-order valence-electron chi connectivity index (χ0n) is 9.92. The number of benzene rings is 1. The van der Waals surface area contributed by atoms with Crippen LogP contribution in [0.4, 0.5) is 13.2 Å². The van der Waals surface area contributed by atoms with E-state index in [1.165, 1.54) is 12.1 Å². The Labute approximate surface area is 103 Å². The van der Waals surface area contributed by atoms with Crippen LogP contribution in [0.3, 0.4) is 0 Å². The second kappa shape index (κ2) is 5.86. The molecule has 0 saturated heterocycles. The Morgan fingerprint density at radius 2 is 1.89 bits per heavy atom. The monoisotopic (exact) mass is 260 g/mol. The summed E-state index contributed by atoms with van der Waals surface area (Å²) in [6.45, 7) is 2.07. The van der Waals surface area contributed by atoms with Crippen LogP contribution >= 0.6 is 0 Å². The van der Waals surface area contributed by atoms with Gasteiger partial charge in [0, 0.05) is 12.6 Å². The van der Waals surface area contributed by atoms with Crippen LogP contribution in [0.25, 0.3) is 0 Å². The minimum atomic E-state index is -4.35. The largest absolute Gasteiger partial charge is 0.416 e. The van der Waals surface area contributed by atoms with Gasteiger partial charge in [0.2, 0.25) is 5.91 Å². The molecule has 1 rings (SSSR count). The van der Waals surface area contributed by atoms with E-state index in [-0.39, 0.29) is 18.4 Å². The molecule has 3 N–H and O–H groups in total. The second-order valence-corrected chi connectivity index (χ2v) is 4.08. The van der Waals surface area contributed by atoms with Gasteiger partial charge in [0.25, 0.3) is 0 Å². The molecule has 0 aliphatic carbocycles. The molecule has 0 saturated carbocycles. The smallest absolute Gasteiger partial charge is 0.352 e. The third kappa shape index (κ3) is 4.37. The third-order valence-corrected chi connectivity index (χ3v) is 2.41. The summed E-state index contributed by atoms with van der Waals surface area (Å²) in [5.41, 5.74) is 5.15. The van der Waals surface area contributed by atoms with Gasteiger partial charge in [-0.3, -0.25) is 4.79 Å². The van der Waals surface area contributed by atoms with Crippen LogP contribution in [-0.4, -0.2) is 18.5 Å². The number of hydrogen-bond acceptors (Lipinski definition) is 2. The predicted octanol–water partition coefficient (Wildman–Crippen LogP) is 1.71. The van der Waals surface area contributed by atoms with Crippen molar-refractivity contribution in [1.82, 2.24) is 5.32 Å². The molecule has 1 amide bonds. The molecule has 18 heavy (non-hydrogen) atoms. The summed E-state index contributed by atoms with van der Waals surface area (Å²) in [6.07, 6.45) is -4.31. The van der Waals surface area contributed by atoms with Crippen LogP contribution < -0.4 is 11.1 Å². The summed E-state index contributed by atoms with van der Waals surface area (Å²) >= 11 is 0. The molecular formula is C12H15F3N2O. The van der Waals surface area contributed by atoms with Gasteiger partial charge in [-0.25, -0.2) is 0 Å². The molecule has 0 unspecified atom stereocenters. The molecule has 0 heterocycles. The van der Waals surface area contributed by atoms with Gasteiger partial charge in [-0.1, -0.05) is 12.1 Å². The molecule has 0 aliphatic heterocycles. The molecule has 1 aromatic carbocycles. The van der Waals surface area contributed by atoms with E-state index in [1.54, 1.807) is 6.92 Å². The van der Waals surface area contributed by atoms with Crippen LogP contribution in [0, 0.1) is 0 Å². The molecule has 0 aliphatic rings. The van der Waals surface area contributed by atoms with Crippen LogP contribution in [0.5, 0.6) is 0 Å². The maximum atomic E-state index is 12.3. The second-order valence-electron chi connectivity index (χ2n) is 4.08. The molecule has 6 heteroatoms. The predicted molar refractivity (Wildman–Crippen MR) is 61.8 cm³/mol. The maximum absolute atomic E-state index is 12.3. The Balaban J connectivity index is 2.61. The first-order chi connectivity index (χ1) is 8.32. The highest BCUT2D eigenvalue weighted by atomic mass is 19.4. The molecule has 0 bridgehead atoms. The highest BCUT2D eigenvalue weighted by molar-refractivity contribution is 5.78. The summed E-state index contributed by atoms with van der Waals surface area (Å²) in [6, 6.07) is 4.39. The fourth-order valence-electron chi connectivity index (χ4n) is 1.38. The quantitative estimate of drug-likeness (QED) is 0.866. The van der Waals surface area contributed by atoms with E-state index in [0.29, 0.717) is 12.1 Å². The topological polar surface area (TPSA) is 55.1 Å². The van der Waals surface area contributed by atoms with Crippen molar-refractivity contribution < 1.29 is 18.0 Å². The molecule has 0 aromatic heterocycles. The SMILES string of the molecule is C[C@H](CN)NC(=O)Cc1ccc(C(F)(F)F)cc1. The van der Waals surface area contributed by atoms with Gasteiger partial charge in [0.15, 0.2) is 0 Å². The van der Waals surface area contributed by atoms with Crippen molar-refractivity contribution in [2.45, 2.75) is 25.6 Å². The normalized spacial score (nSPS) is 13.2. The van der Waals surface area contributed by atoms with Crippen LogP contribution in [0.1, 0.15) is 18.1 Å². The Bertz CT molecular complexity index is 401. The third-order valence-electron chi connectivity index (χ3n) is 2.41. The lowest BCUT2D eigenvalue weighted by Crippen LogP contribution is -2.38. The molecular weight excluding hydrogens is 245 g/mol. The van der Waals surface area contributed by atoms with Crippen molar-refractivity contribution in [2.24, 2.45) is 5.73 Å². The van der Waals surface area contributed by atoms with Gasteiger partial charge < -0.3 is 11.1 Å². The highest BCUT2D eigenvalue weighted by Crippen LogP contribution is 2.29. The minimum absolute atomic E-state index is 0.0441. The number of carbonyl (C=O) groups excluding carboxylic acids is 1. The summed E-state index contributed by atoms with van der Waals surface area (Å²) in [4.78, 5) is 11.5.